The number of hydrogen-bond donors (Lipinski definition) is 0. The SMILES string of the molecule is CC.Cc1cc2c(cc1C)OCN(CCCCCCCN1COc3cc4c(cc3C1)CN(C)CO4)C2. The zero-order chi connectivity index (χ0) is 25.5. The summed E-state index contributed by atoms with van der Waals surface area (Å²) in [6.45, 7) is 15.5. The van der Waals surface area contributed by atoms with Crippen molar-refractivity contribution in [2.45, 2.75) is 79.4 Å². The number of ether oxygens (including phenoxy) is 3. The molecule has 0 spiro atoms. The highest BCUT2D eigenvalue weighted by atomic mass is 16.5. The molecule has 2 aromatic carbocycles. The van der Waals surface area contributed by atoms with Gasteiger partial charge in [-0.25, -0.2) is 0 Å². The smallest absolute Gasteiger partial charge is 0.142 e. The second-order valence-electron chi connectivity index (χ2n) is 10.3. The van der Waals surface area contributed by atoms with E-state index in [1.807, 2.05) is 13.8 Å². The fourth-order valence-corrected chi connectivity index (χ4v) is 5.18. The molecule has 0 saturated carbocycles. The summed E-state index contributed by atoms with van der Waals surface area (Å²) in [5.74, 6) is 3.05. The molecular weight excluding hydrogens is 450 g/mol. The highest BCUT2D eigenvalue weighted by Crippen LogP contribution is 2.35. The number of nitrogens with zero attached hydrogens (tertiary/aromatic N) is 3. The average Bonchev–Trinajstić information content (AvgIpc) is 2.89. The lowest BCUT2D eigenvalue weighted by atomic mass is 10.0. The third-order valence-corrected chi connectivity index (χ3v) is 7.34. The molecule has 3 heterocycles. The molecule has 6 nitrogen and oxygen atoms in total. The van der Waals surface area contributed by atoms with Gasteiger partial charge in [0.25, 0.3) is 0 Å². The lowest BCUT2D eigenvalue weighted by molar-refractivity contribution is 0.0888. The van der Waals surface area contributed by atoms with Gasteiger partial charge in [0.1, 0.15) is 37.4 Å². The van der Waals surface area contributed by atoms with E-state index in [4.69, 9.17) is 14.2 Å². The van der Waals surface area contributed by atoms with Crippen LogP contribution < -0.4 is 14.2 Å². The van der Waals surface area contributed by atoms with Crippen molar-refractivity contribution in [1.82, 2.24) is 14.7 Å². The summed E-state index contributed by atoms with van der Waals surface area (Å²) in [6.07, 6.45) is 6.34. The first-order valence-electron chi connectivity index (χ1n) is 13.8. The average molecular weight is 496 g/mol. The molecule has 36 heavy (non-hydrogen) atoms. The minimum atomic E-state index is 0.650. The predicted molar refractivity (Wildman–Crippen MR) is 146 cm³/mol. The summed E-state index contributed by atoms with van der Waals surface area (Å²) in [5.41, 5.74) is 6.56. The molecule has 6 heteroatoms. The Bertz CT molecular complexity index is 1010. The maximum Gasteiger partial charge on any atom is 0.142 e. The van der Waals surface area contributed by atoms with Gasteiger partial charge in [-0.2, -0.15) is 0 Å². The van der Waals surface area contributed by atoms with Crippen LogP contribution in [-0.2, 0) is 19.6 Å². The molecule has 3 aliphatic rings. The first-order valence-corrected chi connectivity index (χ1v) is 13.8. The van der Waals surface area contributed by atoms with E-state index in [9.17, 15) is 0 Å². The summed E-state index contributed by atoms with van der Waals surface area (Å²) >= 11 is 0. The van der Waals surface area contributed by atoms with Crippen LogP contribution in [0.3, 0.4) is 0 Å². The highest BCUT2D eigenvalue weighted by Gasteiger charge is 2.23. The molecule has 0 bridgehead atoms. The molecule has 0 radical (unpaired) electrons. The van der Waals surface area contributed by atoms with Crippen molar-refractivity contribution in [2.24, 2.45) is 0 Å². The van der Waals surface area contributed by atoms with Crippen molar-refractivity contribution < 1.29 is 14.2 Å². The Morgan fingerprint density at radius 1 is 0.583 bits per heavy atom. The van der Waals surface area contributed by atoms with Gasteiger partial charge >= 0.3 is 0 Å². The largest absolute Gasteiger partial charge is 0.478 e. The van der Waals surface area contributed by atoms with E-state index >= 15 is 0 Å². The Hall–Kier alpha value is -2.28. The summed E-state index contributed by atoms with van der Waals surface area (Å²) in [4.78, 5) is 7.05. The summed E-state index contributed by atoms with van der Waals surface area (Å²) in [5, 5.41) is 0. The second kappa shape index (κ2) is 12.8. The zero-order valence-corrected chi connectivity index (χ0v) is 23.1. The van der Waals surface area contributed by atoms with Gasteiger partial charge < -0.3 is 14.2 Å². The van der Waals surface area contributed by atoms with Gasteiger partial charge in [-0.1, -0.05) is 39.2 Å². The van der Waals surface area contributed by atoms with Crippen LogP contribution in [0.5, 0.6) is 17.2 Å². The molecule has 198 valence electrons. The first-order chi connectivity index (χ1) is 17.5. The lowest BCUT2D eigenvalue weighted by Gasteiger charge is -2.32. The number of benzene rings is 2. The molecule has 3 aliphatic heterocycles. The van der Waals surface area contributed by atoms with Gasteiger partial charge in [0.2, 0.25) is 0 Å². The summed E-state index contributed by atoms with van der Waals surface area (Å²) < 4.78 is 17.9. The van der Waals surface area contributed by atoms with E-state index < -0.39 is 0 Å². The zero-order valence-electron chi connectivity index (χ0n) is 23.1. The van der Waals surface area contributed by atoms with E-state index in [1.54, 1.807) is 0 Å². The van der Waals surface area contributed by atoms with Crippen molar-refractivity contribution in [3.8, 4) is 17.2 Å². The van der Waals surface area contributed by atoms with Crippen LogP contribution in [-0.4, -0.2) is 55.0 Å². The minimum absolute atomic E-state index is 0.650. The molecule has 2 aromatic rings. The van der Waals surface area contributed by atoms with Crippen LogP contribution in [0, 0.1) is 13.8 Å². The topological polar surface area (TPSA) is 37.4 Å². The maximum absolute atomic E-state index is 6.05. The molecule has 0 fully saturated rings. The Kier molecular flexibility index (Phi) is 9.52. The Morgan fingerprint density at radius 3 is 1.69 bits per heavy atom. The van der Waals surface area contributed by atoms with Gasteiger partial charge in [-0.15, -0.1) is 0 Å². The number of aryl methyl sites for hydroxylation is 2. The van der Waals surface area contributed by atoms with Crippen LogP contribution >= 0.6 is 0 Å². The van der Waals surface area contributed by atoms with Crippen molar-refractivity contribution >= 4 is 0 Å². The second-order valence-corrected chi connectivity index (χ2v) is 10.3. The van der Waals surface area contributed by atoms with Crippen LogP contribution in [0.2, 0.25) is 0 Å². The minimum Gasteiger partial charge on any atom is -0.478 e. The number of hydrogen-bond acceptors (Lipinski definition) is 6. The fourth-order valence-electron chi connectivity index (χ4n) is 5.18. The quantitative estimate of drug-likeness (QED) is 0.414. The monoisotopic (exact) mass is 495 g/mol. The van der Waals surface area contributed by atoms with Crippen molar-refractivity contribution in [2.75, 3.05) is 40.3 Å². The van der Waals surface area contributed by atoms with E-state index in [0.717, 1.165) is 56.7 Å². The maximum atomic E-state index is 6.05. The van der Waals surface area contributed by atoms with Crippen molar-refractivity contribution in [3.63, 3.8) is 0 Å². The van der Waals surface area contributed by atoms with Gasteiger partial charge in [-0.3, -0.25) is 14.7 Å². The third kappa shape index (κ3) is 6.72. The van der Waals surface area contributed by atoms with Crippen LogP contribution in [0.1, 0.15) is 73.8 Å². The summed E-state index contributed by atoms with van der Waals surface area (Å²) in [7, 11) is 2.09. The molecule has 5 rings (SSSR count). The number of rotatable bonds is 8. The molecular formula is C30H45N3O3. The standard InChI is InChI=1S/C28H39N3O3.C2H6/c1-21-11-23-16-30(19-33-26(23)12-22(21)2)9-7-5-4-6-8-10-31-17-25-13-24-15-29(3)18-32-27(24)14-28(25)34-20-31;1-2/h11-14H,4-10,15-20H2,1-3H3;1-2H3. The molecule has 0 aromatic heterocycles. The Labute approximate surface area is 218 Å². The van der Waals surface area contributed by atoms with Gasteiger partial charge in [0.15, 0.2) is 0 Å². The molecule has 0 N–H and O–H groups in total. The number of fused-ring (bicyclic) bond motifs is 3. The Balaban J connectivity index is 0.00000148. The van der Waals surface area contributed by atoms with Crippen LogP contribution in [0.25, 0.3) is 0 Å². The predicted octanol–water partition coefficient (Wildman–Crippen LogP) is 6.07. The van der Waals surface area contributed by atoms with Crippen LogP contribution in [0.4, 0.5) is 0 Å². The van der Waals surface area contributed by atoms with Gasteiger partial charge in [0.05, 0.1) is 0 Å². The number of unbranched alkanes of at least 4 members (excludes halogenated alkanes) is 4. The van der Waals surface area contributed by atoms with E-state index in [1.165, 1.54) is 59.9 Å². The fraction of sp³-hybridized carbons (Fsp3) is 0.600. The molecule has 0 amide bonds. The van der Waals surface area contributed by atoms with E-state index in [2.05, 4.69) is 59.9 Å². The van der Waals surface area contributed by atoms with Crippen molar-refractivity contribution in [3.05, 3.63) is 52.1 Å². The van der Waals surface area contributed by atoms with E-state index in [-0.39, 0.29) is 0 Å². The van der Waals surface area contributed by atoms with Crippen molar-refractivity contribution in [1.29, 1.82) is 0 Å². The van der Waals surface area contributed by atoms with E-state index in [0.29, 0.717) is 13.5 Å². The first kappa shape index (κ1) is 26.8. The molecule has 0 atom stereocenters. The Morgan fingerprint density at radius 2 is 1.06 bits per heavy atom. The normalized spacial score (nSPS) is 17.5. The van der Waals surface area contributed by atoms with Gasteiger partial charge in [-0.05, 0) is 57.0 Å². The van der Waals surface area contributed by atoms with Crippen LogP contribution in [0.15, 0.2) is 24.3 Å². The summed E-state index contributed by atoms with van der Waals surface area (Å²) in [6, 6.07) is 8.84. The molecule has 0 aliphatic carbocycles. The third-order valence-electron chi connectivity index (χ3n) is 7.34. The van der Waals surface area contributed by atoms with Gasteiger partial charge in [0, 0.05) is 55.5 Å². The molecule has 0 unspecified atom stereocenters. The highest BCUT2D eigenvalue weighted by molar-refractivity contribution is 5.48. The lowest BCUT2D eigenvalue weighted by Crippen LogP contribution is -2.34. The molecule has 0 saturated heterocycles.